The zero-order valence-electron chi connectivity index (χ0n) is 15.5. The molecule has 1 aromatic heterocycles. The third-order valence-electron chi connectivity index (χ3n) is 5.30. The fourth-order valence-corrected chi connectivity index (χ4v) is 4.22. The largest absolute Gasteiger partial charge is 0.573 e. The summed E-state index contributed by atoms with van der Waals surface area (Å²) in [7, 11) is 0. The maximum Gasteiger partial charge on any atom is 0.573 e. The van der Waals surface area contributed by atoms with E-state index in [4.69, 9.17) is 11.6 Å². The van der Waals surface area contributed by atoms with E-state index in [-0.39, 0.29) is 18.1 Å². The zero-order valence-corrected chi connectivity index (χ0v) is 16.2. The topological polar surface area (TPSA) is 85.2 Å². The molecular formula is C20H12ClF3N4O3. The van der Waals surface area contributed by atoms with Gasteiger partial charge in [-0.25, -0.2) is 4.68 Å². The van der Waals surface area contributed by atoms with Gasteiger partial charge in [0.25, 0.3) is 0 Å². The molecule has 5 rings (SSSR count). The zero-order chi connectivity index (χ0) is 22.0. The van der Waals surface area contributed by atoms with Gasteiger partial charge in [-0.3, -0.25) is 9.59 Å². The second-order valence-electron chi connectivity index (χ2n) is 7.13. The highest BCUT2D eigenvalue weighted by molar-refractivity contribution is 6.31. The van der Waals surface area contributed by atoms with E-state index in [0.717, 1.165) is 12.1 Å². The van der Waals surface area contributed by atoms with Crippen molar-refractivity contribution in [3.05, 3.63) is 64.8 Å². The van der Waals surface area contributed by atoms with Crippen LogP contribution in [0.15, 0.2) is 48.7 Å². The van der Waals surface area contributed by atoms with E-state index in [1.165, 1.54) is 23.0 Å². The number of carbonyl (C=O) groups excluding carboxylic acids is 2. The van der Waals surface area contributed by atoms with Crippen LogP contribution in [0.4, 0.5) is 24.7 Å². The minimum atomic E-state index is -4.81. The first-order valence-electron chi connectivity index (χ1n) is 9.03. The number of benzene rings is 2. The Balaban J connectivity index is 1.62. The molecule has 2 aliphatic rings. The third kappa shape index (κ3) is 3.02. The van der Waals surface area contributed by atoms with E-state index in [2.05, 4.69) is 20.5 Å². The van der Waals surface area contributed by atoms with Crippen molar-refractivity contribution in [2.24, 2.45) is 0 Å². The molecule has 3 aromatic rings. The van der Waals surface area contributed by atoms with E-state index in [1.807, 2.05) is 0 Å². The number of anilines is 2. The monoisotopic (exact) mass is 448 g/mol. The van der Waals surface area contributed by atoms with Crippen LogP contribution in [0.3, 0.4) is 0 Å². The number of nitrogens with one attached hydrogen (secondary N) is 2. The van der Waals surface area contributed by atoms with Gasteiger partial charge in [0.15, 0.2) is 0 Å². The van der Waals surface area contributed by atoms with Crippen LogP contribution in [-0.4, -0.2) is 28.0 Å². The van der Waals surface area contributed by atoms with Gasteiger partial charge in [0, 0.05) is 22.7 Å². The summed E-state index contributed by atoms with van der Waals surface area (Å²) in [6, 6.07) is 9.93. The predicted molar refractivity (Wildman–Crippen MR) is 104 cm³/mol. The normalized spacial score (nSPS) is 19.6. The molecule has 2 aromatic carbocycles. The molecule has 31 heavy (non-hydrogen) atoms. The van der Waals surface area contributed by atoms with Gasteiger partial charge in [0.1, 0.15) is 17.0 Å². The summed E-state index contributed by atoms with van der Waals surface area (Å²) in [5.74, 6) is -0.927. The molecule has 2 N–H and O–H groups in total. The second-order valence-corrected chi connectivity index (χ2v) is 7.57. The molecule has 0 bridgehead atoms. The van der Waals surface area contributed by atoms with Crippen LogP contribution in [0.2, 0.25) is 5.02 Å². The maximum absolute atomic E-state index is 13.1. The van der Waals surface area contributed by atoms with Gasteiger partial charge in [-0.15, -0.1) is 13.2 Å². The first kappa shape index (κ1) is 19.4. The Labute approximate surface area is 177 Å². The van der Waals surface area contributed by atoms with Crippen molar-refractivity contribution in [3.63, 3.8) is 0 Å². The highest BCUT2D eigenvalue weighted by Crippen LogP contribution is 2.50. The van der Waals surface area contributed by atoms with Crippen LogP contribution in [0.25, 0.3) is 5.69 Å². The molecule has 0 saturated heterocycles. The summed E-state index contributed by atoms with van der Waals surface area (Å²) in [6.45, 7) is 0. The van der Waals surface area contributed by atoms with Crippen molar-refractivity contribution >= 4 is 34.9 Å². The summed E-state index contributed by atoms with van der Waals surface area (Å²) < 4.78 is 42.4. The van der Waals surface area contributed by atoms with Crippen molar-refractivity contribution in [3.8, 4) is 11.4 Å². The third-order valence-corrected chi connectivity index (χ3v) is 5.54. The molecule has 2 amide bonds. The fraction of sp³-hybridized carbons (Fsp3) is 0.150. The summed E-state index contributed by atoms with van der Waals surface area (Å²) in [4.78, 5) is 25.7. The maximum atomic E-state index is 13.1. The lowest BCUT2D eigenvalue weighted by Gasteiger charge is -2.31. The molecule has 0 aliphatic carbocycles. The van der Waals surface area contributed by atoms with Gasteiger partial charge in [-0.1, -0.05) is 11.6 Å². The number of hydrogen-bond donors (Lipinski definition) is 2. The van der Waals surface area contributed by atoms with E-state index in [1.54, 1.807) is 18.2 Å². The Hall–Kier alpha value is -3.53. The fourth-order valence-electron chi connectivity index (χ4n) is 4.05. The van der Waals surface area contributed by atoms with E-state index in [0.29, 0.717) is 27.5 Å². The van der Waals surface area contributed by atoms with Crippen LogP contribution >= 0.6 is 11.6 Å². The summed E-state index contributed by atoms with van der Waals surface area (Å²) in [5, 5.41) is 10.2. The van der Waals surface area contributed by atoms with Crippen molar-refractivity contribution < 1.29 is 27.5 Å². The van der Waals surface area contributed by atoms with E-state index in [9.17, 15) is 22.8 Å². The number of amides is 2. The number of ether oxygens (including phenoxy) is 1. The number of hydrogen-bond acceptors (Lipinski definition) is 4. The number of nitrogens with zero attached hydrogens (tertiary/aromatic N) is 2. The molecule has 0 saturated carbocycles. The number of halogens is 4. The average Bonchev–Trinajstić information content (AvgIpc) is 3.22. The van der Waals surface area contributed by atoms with Crippen LogP contribution in [0, 0.1) is 0 Å². The first-order valence-corrected chi connectivity index (χ1v) is 9.41. The molecule has 0 unspecified atom stereocenters. The quantitative estimate of drug-likeness (QED) is 0.620. The van der Waals surface area contributed by atoms with Gasteiger partial charge in [-0.2, -0.15) is 5.10 Å². The summed E-state index contributed by atoms with van der Waals surface area (Å²) >= 11 is 6.15. The molecule has 0 radical (unpaired) electrons. The highest BCUT2D eigenvalue weighted by Gasteiger charge is 2.54. The SMILES string of the molecule is O=C1C[C@@]2(C(=O)Nc3ccc(Cl)cc32)c2cnn(-c3ccc(OC(F)(F)F)cc3)c2N1. The predicted octanol–water partition coefficient (Wildman–Crippen LogP) is 4.00. The number of fused-ring (bicyclic) bond motifs is 4. The van der Waals surface area contributed by atoms with Gasteiger partial charge >= 0.3 is 6.36 Å². The van der Waals surface area contributed by atoms with Gasteiger partial charge < -0.3 is 15.4 Å². The van der Waals surface area contributed by atoms with Gasteiger partial charge in [0.2, 0.25) is 11.8 Å². The van der Waals surface area contributed by atoms with Crippen LogP contribution in [-0.2, 0) is 15.0 Å². The Morgan fingerprint density at radius 3 is 2.52 bits per heavy atom. The minimum Gasteiger partial charge on any atom is -0.406 e. The molecule has 3 heterocycles. The van der Waals surface area contributed by atoms with Crippen molar-refractivity contribution in [1.29, 1.82) is 0 Å². The van der Waals surface area contributed by atoms with Crippen molar-refractivity contribution in [2.75, 3.05) is 10.6 Å². The molecule has 1 spiro atoms. The van der Waals surface area contributed by atoms with Crippen LogP contribution < -0.4 is 15.4 Å². The molecule has 0 fully saturated rings. The van der Waals surface area contributed by atoms with Gasteiger partial charge in [-0.05, 0) is 48.0 Å². The Kier molecular flexibility index (Phi) is 4.06. The van der Waals surface area contributed by atoms with Crippen LogP contribution in [0.1, 0.15) is 17.5 Å². The summed E-state index contributed by atoms with van der Waals surface area (Å²) in [5.41, 5.74) is 0.639. The van der Waals surface area contributed by atoms with Crippen molar-refractivity contribution in [1.82, 2.24) is 9.78 Å². The first-order chi connectivity index (χ1) is 14.7. The lowest BCUT2D eigenvalue weighted by molar-refractivity contribution is -0.274. The number of carbonyl (C=O) groups is 2. The average molecular weight is 449 g/mol. The van der Waals surface area contributed by atoms with Crippen molar-refractivity contribution in [2.45, 2.75) is 18.2 Å². The van der Waals surface area contributed by atoms with E-state index >= 15 is 0 Å². The lowest BCUT2D eigenvalue weighted by atomic mass is 9.72. The molecular weight excluding hydrogens is 437 g/mol. The smallest absolute Gasteiger partial charge is 0.406 e. The second kappa shape index (κ2) is 6.48. The van der Waals surface area contributed by atoms with Crippen LogP contribution in [0.5, 0.6) is 5.75 Å². The molecule has 7 nitrogen and oxygen atoms in total. The number of aromatic nitrogens is 2. The minimum absolute atomic E-state index is 0.136. The molecule has 158 valence electrons. The Bertz CT molecular complexity index is 1240. The number of alkyl halides is 3. The highest BCUT2D eigenvalue weighted by atomic mass is 35.5. The Morgan fingerprint density at radius 2 is 1.81 bits per heavy atom. The van der Waals surface area contributed by atoms with E-state index < -0.39 is 23.4 Å². The summed E-state index contributed by atoms with van der Waals surface area (Å²) in [6.07, 6.45) is -3.48. The molecule has 11 heteroatoms. The molecule has 2 aliphatic heterocycles. The Morgan fingerprint density at radius 1 is 1.06 bits per heavy atom. The van der Waals surface area contributed by atoms with Gasteiger partial charge in [0.05, 0.1) is 11.9 Å². The standard InChI is InChI=1S/C20H12ClF3N4O3/c21-10-1-6-15-13(7-10)19(18(30)26-15)8-16(29)27-17-14(19)9-25-28(17)11-2-4-12(5-3-11)31-20(22,23)24/h1-7,9H,8H2,(H,26,30)(H,27,29)/t19-/m0/s1. The molecule has 1 atom stereocenters. The number of rotatable bonds is 2. The lowest BCUT2D eigenvalue weighted by Crippen LogP contribution is -2.43.